The lowest BCUT2D eigenvalue weighted by Crippen LogP contribution is -2.60. The lowest BCUT2D eigenvalue weighted by molar-refractivity contribution is -0.143. The molecule has 0 aromatic rings. The molecule has 180 valence electrons. The lowest BCUT2D eigenvalue weighted by Gasteiger charge is -2.27. The van der Waals surface area contributed by atoms with Gasteiger partial charge in [0.15, 0.2) is 0 Å². The summed E-state index contributed by atoms with van der Waals surface area (Å²) in [6.45, 7) is 9.88. The van der Waals surface area contributed by atoms with Crippen LogP contribution in [0.25, 0.3) is 0 Å². The van der Waals surface area contributed by atoms with Gasteiger partial charge in [0.05, 0.1) is 12.2 Å². The summed E-state index contributed by atoms with van der Waals surface area (Å²) in [5, 5.41) is 35.9. The van der Waals surface area contributed by atoms with E-state index in [1.54, 1.807) is 0 Å². The fourth-order valence-electron chi connectivity index (χ4n) is 2.80. The number of aliphatic hydroxyl groups is 2. The van der Waals surface area contributed by atoms with Crippen LogP contribution in [0.1, 0.15) is 54.4 Å². The third-order valence-electron chi connectivity index (χ3n) is 4.55. The van der Waals surface area contributed by atoms with Crippen LogP contribution in [-0.4, -0.2) is 75.4 Å². The summed E-state index contributed by atoms with van der Waals surface area (Å²) < 4.78 is 0. The number of rotatable bonds is 13. The van der Waals surface area contributed by atoms with Crippen molar-refractivity contribution < 1.29 is 34.5 Å². The molecule has 0 aromatic heterocycles. The monoisotopic (exact) mass is 446 g/mol. The number of aliphatic hydroxyl groups excluding tert-OH is 2. The van der Waals surface area contributed by atoms with Crippen molar-refractivity contribution in [1.82, 2.24) is 16.0 Å². The molecule has 0 aliphatic heterocycles. The van der Waals surface area contributed by atoms with Gasteiger partial charge in [0.1, 0.15) is 24.2 Å². The van der Waals surface area contributed by atoms with E-state index in [1.165, 1.54) is 13.8 Å². The highest BCUT2D eigenvalue weighted by Gasteiger charge is 2.33. The van der Waals surface area contributed by atoms with Gasteiger partial charge in [-0.3, -0.25) is 14.4 Å². The smallest absolute Gasteiger partial charge is 0.326 e. The molecule has 0 heterocycles. The van der Waals surface area contributed by atoms with Crippen molar-refractivity contribution in [2.75, 3.05) is 0 Å². The van der Waals surface area contributed by atoms with Crippen LogP contribution in [0.2, 0.25) is 0 Å². The Labute approximate surface area is 183 Å². The van der Waals surface area contributed by atoms with Gasteiger partial charge in [0, 0.05) is 0 Å². The minimum atomic E-state index is -1.43. The number of amides is 3. The van der Waals surface area contributed by atoms with Crippen LogP contribution in [0.3, 0.4) is 0 Å². The molecule has 6 unspecified atom stereocenters. The molecule has 0 radical (unpaired) electrons. The number of nitrogens with two attached hydrogens (primary N) is 1. The molecule has 11 heteroatoms. The second kappa shape index (κ2) is 13.2. The quantitative estimate of drug-likeness (QED) is 0.182. The Hall–Kier alpha value is -2.24. The van der Waals surface area contributed by atoms with E-state index in [2.05, 4.69) is 16.0 Å². The summed E-state index contributed by atoms with van der Waals surface area (Å²) in [6.07, 6.45) is -2.07. The first-order chi connectivity index (χ1) is 14.2. The Morgan fingerprint density at radius 3 is 1.55 bits per heavy atom. The number of nitrogens with one attached hydrogen (secondary N) is 3. The van der Waals surface area contributed by atoms with Crippen molar-refractivity contribution >= 4 is 23.7 Å². The average Bonchev–Trinajstić information content (AvgIpc) is 2.62. The molecule has 8 N–H and O–H groups in total. The molecule has 0 aliphatic rings. The van der Waals surface area contributed by atoms with E-state index in [-0.39, 0.29) is 24.7 Å². The Bertz CT molecular complexity index is 623. The molecule has 11 nitrogen and oxygen atoms in total. The van der Waals surface area contributed by atoms with Crippen LogP contribution in [-0.2, 0) is 19.2 Å². The first-order valence-corrected chi connectivity index (χ1v) is 10.4. The fraction of sp³-hybridized carbons (Fsp3) is 0.800. The SMILES string of the molecule is CC(C)CC(NC(=O)C(CC(C)C)NC(=O)C(NC(=O)C(N)C(C)O)C(C)O)C(=O)O. The molecular weight excluding hydrogens is 408 g/mol. The summed E-state index contributed by atoms with van der Waals surface area (Å²) in [7, 11) is 0. The second-order valence-electron chi connectivity index (χ2n) is 8.71. The molecule has 0 spiro atoms. The maximum absolute atomic E-state index is 12.7. The van der Waals surface area contributed by atoms with Crippen LogP contribution in [0.4, 0.5) is 0 Å². The summed E-state index contributed by atoms with van der Waals surface area (Å²) in [6, 6.07) is -4.93. The maximum atomic E-state index is 12.7. The van der Waals surface area contributed by atoms with Crippen LogP contribution >= 0.6 is 0 Å². The standard InChI is InChI=1S/C20H38N4O7/c1-9(2)7-13(17(27)23-14(20(30)31)8-10(3)4)22-19(29)16(12(6)26)24-18(28)15(21)11(5)25/h9-16,25-26H,7-8,21H2,1-6H3,(H,22,29)(H,23,27)(H,24,28)(H,30,31). The number of hydrogen-bond acceptors (Lipinski definition) is 7. The molecule has 0 fully saturated rings. The van der Waals surface area contributed by atoms with Crippen LogP contribution in [0.5, 0.6) is 0 Å². The fourth-order valence-corrected chi connectivity index (χ4v) is 2.80. The Kier molecular flexibility index (Phi) is 12.3. The van der Waals surface area contributed by atoms with Gasteiger partial charge in [-0.05, 0) is 38.5 Å². The molecule has 31 heavy (non-hydrogen) atoms. The maximum Gasteiger partial charge on any atom is 0.326 e. The number of carboxylic acids is 1. The molecule has 3 amide bonds. The van der Waals surface area contributed by atoms with Crippen molar-refractivity contribution in [1.29, 1.82) is 0 Å². The molecule has 0 bridgehead atoms. The van der Waals surface area contributed by atoms with Crippen molar-refractivity contribution in [3.8, 4) is 0 Å². The molecule has 0 rings (SSSR count). The van der Waals surface area contributed by atoms with E-state index < -0.39 is 60.1 Å². The Morgan fingerprint density at radius 2 is 1.16 bits per heavy atom. The first-order valence-electron chi connectivity index (χ1n) is 10.4. The van der Waals surface area contributed by atoms with Crippen molar-refractivity contribution in [2.24, 2.45) is 17.6 Å². The molecule has 0 aliphatic carbocycles. The van der Waals surface area contributed by atoms with Gasteiger partial charge in [0.25, 0.3) is 0 Å². The molecule has 0 saturated heterocycles. The zero-order valence-corrected chi connectivity index (χ0v) is 19.1. The third kappa shape index (κ3) is 10.6. The van der Waals surface area contributed by atoms with Gasteiger partial charge in [-0.15, -0.1) is 0 Å². The zero-order chi connectivity index (χ0) is 24.5. The zero-order valence-electron chi connectivity index (χ0n) is 19.1. The molecule has 0 aromatic carbocycles. The average molecular weight is 447 g/mol. The summed E-state index contributed by atoms with van der Waals surface area (Å²) in [5.74, 6) is -3.54. The van der Waals surface area contributed by atoms with E-state index in [0.29, 0.717) is 0 Å². The largest absolute Gasteiger partial charge is 0.480 e. The van der Waals surface area contributed by atoms with Gasteiger partial charge in [-0.2, -0.15) is 0 Å². The predicted octanol–water partition coefficient (Wildman–Crippen LogP) is -1.29. The Balaban J connectivity index is 5.45. The Morgan fingerprint density at radius 1 is 0.710 bits per heavy atom. The third-order valence-corrected chi connectivity index (χ3v) is 4.55. The van der Waals surface area contributed by atoms with Crippen molar-refractivity contribution in [3.63, 3.8) is 0 Å². The second-order valence-corrected chi connectivity index (χ2v) is 8.71. The van der Waals surface area contributed by atoms with E-state index in [4.69, 9.17) is 5.73 Å². The molecule has 0 saturated carbocycles. The van der Waals surface area contributed by atoms with Crippen LogP contribution in [0.15, 0.2) is 0 Å². The molecule has 6 atom stereocenters. The van der Waals surface area contributed by atoms with Gasteiger partial charge >= 0.3 is 5.97 Å². The minimum Gasteiger partial charge on any atom is -0.480 e. The predicted molar refractivity (Wildman–Crippen MR) is 114 cm³/mol. The summed E-state index contributed by atoms with van der Waals surface area (Å²) in [5.41, 5.74) is 5.55. The topological polar surface area (TPSA) is 191 Å². The summed E-state index contributed by atoms with van der Waals surface area (Å²) >= 11 is 0. The number of aliphatic carboxylic acids is 1. The van der Waals surface area contributed by atoms with Crippen molar-refractivity contribution in [2.45, 2.75) is 90.8 Å². The van der Waals surface area contributed by atoms with Gasteiger partial charge < -0.3 is 37.0 Å². The lowest BCUT2D eigenvalue weighted by atomic mass is 10.00. The normalized spacial score (nSPS) is 17.3. The minimum absolute atomic E-state index is 0.0207. The number of carboxylic acid groups (broad SMARTS) is 1. The van der Waals surface area contributed by atoms with Crippen molar-refractivity contribution in [3.05, 3.63) is 0 Å². The number of hydrogen-bond donors (Lipinski definition) is 7. The highest BCUT2D eigenvalue weighted by molar-refractivity contribution is 5.94. The van der Waals surface area contributed by atoms with E-state index >= 15 is 0 Å². The highest BCUT2D eigenvalue weighted by atomic mass is 16.4. The van der Waals surface area contributed by atoms with E-state index in [0.717, 1.165) is 0 Å². The molecular formula is C20H38N4O7. The van der Waals surface area contributed by atoms with Gasteiger partial charge in [0.2, 0.25) is 17.7 Å². The highest BCUT2D eigenvalue weighted by Crippen LogP contribution is 2.09. The van der Waals surface area contributed by atoms with E-state index in [1.807, 2.05) is 27.7 Å². The summed E-state index contributed by atoms with van der Waals surface area (Å²) in [4.78, 5) is 49.0. The van der Waals surface area contributed by atoms with Crippen LogP contribution < -0.4 is 21.7 Å². The van der Waals surface area contributed by atoms with Gasteiger partial charge in [-0.1, -0.05) is 27.7 Å². The van der Waals surface area contributed by atoms with E-state index in [9.17, 15) is 34.5 Å². The first kappa shape index (κ1) is 28.8. The number of carbonyl (C=O) groups excluding carboxylic acids is 3. The van der Waals surface area contributed by atoms with Gasteiger partial charge in [-0.25, -0.2) is 4.79 Å². The number of carbonyl (C=O) groups is 4. The van der Waals surface area contributed by atoms with Crippen LogP contribution in [0, 0.1) is 11.8 Å².